The first-order valence-electron chi connectivity index (χ1n) is 9.48. The van der Waals surface area contributed by atoms with Gasteiger partial charge < -0.3 is 14.8 Å². The van der Waals surface area contributed by atoms with Crippen LogP contribution < -0.4 is 5.32 Å². The molecule has 1 unspecified atom stereocenters. The van der Waals surface area contributed by atoms with Crippen LogP contribution in [0.3, 0.4) is 0 Å². The molecule has 1 aromatic carbocycles. The van der Waals surface area contributed by atoms with Crippen LogP contribution in [-0.2, 0) is 9.47 Å². The molecule has 3 aromatic rings. The van der Waals surface area contributed by atoms with Gasteiger partial charge in [-0.2, -0.15) is 5.26 Å². The van der Waals surface area contributed by atoms with Crippen molar-refractivity contribution in [3.8, 4) is 6.07 Å². The lowest BCUT2D eigenvalue weighted by Crippen LogP contribution is -2.13. The van der Waals surface area contributed by atoms with Crippen LogP contribution in [0, 0.1) is 24.2 Å². The molecule has 1 aliphatic heterocycles. The number of nitrogens with zero attached hydrogens (tertiary/aromatic N) is 3. The number of hydrogen-bond donors (Lipinski definition) is 1. The van der Waals surface area contributed by atoms with Crippen molar-refractivity contribution >= 4 is 22.5 Å². The number of para-hydroxylation sites is 2. The third kappa shape index (κ3) is 3.61. The van der Waals surface area contributed by atoms with Gasteiger partial charge in [0.2, 0.25) is 0 Å². The van der Waals surface area contributed by atoms with Gasteiger partial charge in [0.1, 0.15) is 11.9 Å². The molecule has 0 radical (unpaired) electrons. The van der Waals surface area contributed by atoms with E-state index in [0.29, 0.717) is 17.1 Å². The van der Waals surface area contributed by atoms with Crippen LogP contribution in [-0.4, -0.2) is 42.4 Å². The maximum absolute atomic E-state index is 9.55. The molecule has 140 valence electrons. The fourth-order valence-electron chi connectivity index (χ4n) is 3.58. The molecule has 3 heterocycles. The Balaban J connectivity index is 1.47. The van der Waals surface area contributed by atoms with E-state index in [0.717, 1.165) is 68.2 Å². The number of nitriles is 1. The first kappa shape index (κ1) is 17.8. The lowest BCUT2D eigenvalue weighted by molar-refractivity contribution is 0.0897. The molecule has 27 heavy (non-hydrogen) atoms. The first-order valence-corrected chi connectivity index (χ1v) is 9.48. The van der Waals surface area contributed by atoms with E-state index in [1.807, 2.05) is 41.7 Å². The quantitative estimate of drug-likeness (QED) is 0.650. The number of hydrogen-bond acceptors (Lipinski definition) is 5. The van der Waals surface area contributed by atoms with Gasteiger partial charge in [-0.15, -0.1) is 0 Å². The lowest BCUT2D eigenvalue weighted by Gasteiger charge is -2.13. The van der Waals surface area contributed by atoms with E-state index in [4.69, 9.17) is 9.47 Å². The van der Waals surface area contributed by atoms with Gasteiger partial charge in [-0.3, -0.25) is 4.40 Å². The Kier molecular flexibility index (Phi) is 5.23. The highest BCUT2D eigenvalue weighted by molar-refractivity contribution is 5.85. The Labute approximate surface area is 158 Å². The van der Waals surface area contributed by atoms with Crippen LogP contribution in [0.4, 0.5) is 5.82 Å². The van der Waals surface area contributed by atoms with Crippen LogP contribution in [0.1, 0.15) is 24.0 Å². The van der Waals surface area contributed by atoms with Gasteiger partial charge in [0, 0.05) is 25.7 Å². The Bertz CT molecular complexity index is 983. The van der Waals surface area contributed by atoms with Gasteiger partial charge in [-0.25, -0.2) is 4.98 Å². The van der Waals surface area contributed by atoms with Crippen molar-refractivity contribution in [1.82, 2.24) is 9.38 Å². The van der Waals surface area contributed by atoms with Crippen LogP contribution in [0.15, 0.2) is 30.3 Å². The summed E-state index contributed by atoms with van der Waals surface area (Å²) in [6.45, 7) is 5.96. The van der Waals surface area contributed by atoms with Crippen molar-refractivity contribution in [3.63, 3.8) is 0 Å². The van der Waals surface area contributed by atoms with Gasteiger partial charge in [0.25, 0.3) is 0 Å². The summed E-state index contributed by atoms with van der Waals surface area (Å²) in [6, 6.07) is 12.3. The summed E-state index contributed by atoms with van der Waals surface area (Å²) in [7, 11) is 0. The van der Waals surface area contributed by atoms with E-state index < -0.39 is 0 Å². The molecule has 1 fully saturated rings. The number of aromatic nitrogens is 2. The summed E-state index contributed by atoms with van der Waals surface area (Å²) in [6.07, 6.45) is 2.02. The van der Waals surface area contributed by atoms with Crippen molar-refractivity contribution in [2.24, 2.45) is 5.92 Å². The van der Waals surface area contributed by atoms with E-state index in [2.05, 4.69) is 16.4 Å². The average Bonchev–Trinajstić information content (AvgIpc) is 3.32. The van der Waals surface area contributed by atoms with E-state index in [-0.39, 0.29) is 0 Å². The number of anilines is 1. The fraction of sp³-hybridized carbons (Fsp3) is 0.429. The van der Waals surface area contributed by atoms with Crippen molar-refractivity contribution in [2.75, 3.05) is 38.3 Å². The minimum absolute atomic E-state index is 0.552. The monoisotopic (exact) mass is 364 g/mol. The molecule has 0 spiro atoms. The van der Waals surface area contributed by atoms with E-state index in [1.165, 1.54) is 0 Å². The smallest absolute Gasteiger partial charge is 0.157 e. The minimum atomic E-state index is 0.552. The summed E-state index contributed by atoms with van der Waals surface area (Å²) in [5.41, 5.74) is 4.16. The Hall–Kier alpha value is -2.62. The van der Waals surface area contributed by atoms with Crippen molar-refractivity contribution < 1.29 is 9.47 Å². The first-order chi connectivity index (χ1) is 13.3. The zero-order valence-corrected chi connectivity index (χ0v) is 15.6. The molecule has 0 amide bonds. The average molecular weight is 364 g/mol. The molecule has 4 rings (SSSR count). The highest BCUT2D eigenvalue weighted by Crippen LogP contribution is 2.26. The van der Waals surface area contributed by atoms with Crippen LogP contribution in [0.5, 0.6) is 0 Å². The summed E-state index contributed by atoms with van der Waals surface area (Å²) in [5.74, 6) is 1.51. The van der Waals surface area contributed by atoms with Crippen molar-refractivity contribution in [1.29, 1.82) is 5.26 Å². The summed E-state index contributed by atoms with van der Waals surface area (Å²) < 4.78 is 13.2. The predicted molar refractivity (Wildman–Crippen MR) is 105 cm³/mol. The van der Waals surface area contributed by atoms with Gasteiger partial charge in [-0.05, 0) is 43.5 Å². The number of ether oxygens (including phenoxy) is 2. The maximum Gasteiger partial charge on any atom is 0.157 e. The molecule has 1 atom stereocenters. The molecule has 6 nitrogen and oxygen atoms in total. The maximum atomic E-state index is 9.55. The molecule has 6 heteroatoms. The van der Waals surface area contributed by atoms with Gasteiger partial charge in [0.05, 0.1) is 29.8 Å². The van der Waals surface area contributed by atoms with E-state index in [9.17, 15) is 5.26 Å². The number of benzene rings is 1. The second-order valence-corrected chi connectivity index (χ2v) is 7.04. The van der Waals surface area contributed by atoms with Crippen LogP contribution >= 0.6 is 0 Å². The van der Waals surface area contributed by atoms with Gasteiger partial charge >= 0.3 is 0 Å². The Morgan fingerprint density at radius 1 is 1.41 bits per heavy atom. The standard InChI is InChI=1S/C21H24N4O2/c1-15-11-20(23-8-4-9-26-13-16-7-10-27-14-16)25-19-6-3-2-5-18(19)24-21(25)17(15)12-22/h2-3,5-6,11,16,23H,4,7-10,13-14H2,1H3. The zero-order valence-electron chi connectivity index (χ0n) is 15.6. The van der Waals surface area contributed by atoms with E-state index in [1.54, 1.807) is 0 Å². The van der Waals surface area contributed by atoms with Gasteiger partial charge in [0.15, 0.2) is 5.65 Å². The van der Waals surface area contributed by atoms with E-state index >= 15 is 0 Å². The number of nitrogens with one attached hydrogen (secondary N) is 1. The Morgan fingerprint density at radius 2 is 2.30 bits per heavy atom. The van der Waals surface area contributed by atoms with Crippen LogP contribution in [0.2, 0.25) is 0 Å². The largest absolute Gasteiger partial charge is 0.381 e. The number of rotatable bonds is 7. The third-order valence-corrected chi connectivity index (χ3v) is 5.03. The SMILES string of the molecule is Cc1cc(NCCCOCC2CCOC2)n2c(nc3ccccc32)c1C#N. The number of fused-ring (bicyclic) bond motifs is 3. The fourth-order valence-corrected chi connectivity index (χ4v) is 3.58. The van der Waals surface area contributed by atoms with Crippen molar-refractivity contribution in [3.05, 3.63) is 41.5 Å². The molecule has 0 bridgehead atoms. The van der Waals surface area contributed by atoms with Gasteiger partial charge in [-0.1, -0.05) is 12.1 Å². The third-order valence-electron chi connectivity index (χ3n) is 5.03. The highest BCUT2D eigenvalue weighted by atomic mass is 16.5. The lowest BCUT2D eigenvalue weighted by atomic mass is 10.1. The highest BCUT2D eigenvalue weighted by Gasteiger charge is 2.16. The predicted octanol–water partition coefficient (Wildman–Crippen LogP) is 3.52. The molecule has 1 saturated heterocycles. The topological polar surface area (TPSA) is 71.6 Å². The Morgan fingerprint density at radius 3 is 3.11 bits per heavy atom. The summed E-state index contributed by atoms with van der Waals surface area (Å²) in [5, 5.41) is 13.0. The molecular weight excluding hydrogens is 340 g/mol. The zero-order chi connectivity index (χ0) is 18.6. The second-order valence-electron chi connectivity index (χ2n) is 7.04. The number of aryl methyl sites for hydroxylation is 1. The molecule has 0 saturated carbocycles. The number of pyridine rings is 1. The second kappa shape index (κ2) is 7.95. The normalized spacial score (nSPS) is 16.8. The summed E-state index contributed by atoms with van der Waals surface area (Å²) in [4.78, 5) is 4.67. The number of imidazole rings is 1. The van der Waals surface area contributed by atoms with Crippen molar-refractivity contribution in [2.45, 2.75) is 19.8 Å². The van der Waals surface area contributed by atoms with Crippen LogP contribution in [0.25, 0.3) is 16.7 Å². The minimum Gasteiger partial charge on any atom is -0.381 e. The molecule has 0 aliphatic carbocycles. The molecule has 1 aliphatic rings. The molecule has 1 N–H and O–H groups in total. The molecular formula is C21H24N4O2. The molecule has 2 aromatic heterocycles. The summed E-state index contributed by atoms with van der Waals surface area (Å²) >= 11 is 0.